The molecular formula is C25H26N4O4. The number of hydrogen-bond donors (Lipinski definition) is 1. The summed E-state index contributed by atoms with van der Waals surface area (Å²) < 4.78 is 6.97. The van der Waals surface area contributed by atoms with Crippen molar-refractivity contribution in [2.24, 2.45) is 0 Å². The number of nitrogens with one attached hydrogen (secondary N) is 1. The Labute approximate surface area is 192 Å². The fourth-order valence-electron chi connectivity index (χ4n) is 3.85. The van der Waals surface area contributed by atoms with Crippen molar-refractivity contribution >= 4 is 17.8 Å². The van der Waals surface area contributed by atoms with Crippen molar-refractivity contribution in [1.29, 1.82) is 0 Å². The lowest BCUT2D eigenvalue weighted by Crippen LogP contribution is -2.43. The summed E-state index contributed by atoms with van der Waals surface area (Å²) >= 11 is 0. The predicted molar refractivity (Wildman–Crippen MR) is 122 cm³/mol. The van der Waals surface area contributed by atoms with E-state index >= 15 is 0 Å². The minimum Gasteiger partial charge on any atom is -0.461 e. The number of fused-ring (bicyclic) bond motifs is 1. The summed E-state index contributed by atoms with van der Waals surface area (Å²) in [7, 11) is 0. The molecule has 2 aromatic carbocycles. The third kappa shape index (κ3) is 4.79. The van der Waals surface area contributed by atoms with Gasteiger partial charge in [-0.25, -0.2) is 9.48 Å². The number of esters is 1. The minimum absolute atomic E-state index is 0.121. The molecule has 33 heavy (non-hydrogen) atoms. The van der Waals surface area contributed by atoms with Gasteiger partial charge >= 0.3 is 5.97 Å². The topological polar surface area (TPSA) is 93.5 Å². The maximum Gasteiger partial charge on any atom is 0.359 e. The van der Waals surface area contributed by atoms with Crippen LogP contribution in [0, 0.1) is 6.92 Å². The molecule has 0 bridgehead atoms. The molecule has 0 radical (unpaired) electrons. The predicted octanol–water partition coefficient (Wildman–Crippen LogP) is 2.67. The zero-order valence-electron chi connectivity index (χ0n) is 18.7. The molecule has 1 aliphatic heterocycles. The molecule has 0 atom stereocenters. The van der Waals surface area contributed by atoms with Gasteiger partial charge in [-0.3, -0.25) is 9.59 Å². The van der Waals surface area contributed by atoms with E-state index in [-0.39, 0.29) is 37.2 Å². The van der Waals surface area contributed by atoms with Gasteiger partial charge in [-0.1, -0.05) is 35.9 Å². The number of ether oxygens (including phenoxy) is 1. The molecule has 3 aromatic rings. The molecule has 1 N–H and O–H groups in total. The van der Waals surface area contributed by atoms with Crippen molar-refractivity contribution in [1.82, 2.24) is 20.0 Å². The Balaban J connectivity index is 1.54. The van der Waals surface area contributed by atoms with Crippen LogP contribution in [0.4, 0.5) is 0 Å². The van der Waals surface area contributed by atoms with Crippen LogP contribution in [0.25, 0.3) is 5.69 Å². The van der Waals surface area contributed by atoms with Gasteiger partial charge in [0.25, 0.3) is 5.91 Å². The number of aromatic nitrogens is 2. The van der Waals surface area contributed by atoms with E-state index in [0.717, 1.165) is 16.9 Å². The highest BCUT2D eigenvalue weighted by atomic mass is 16.5. The van der Waals surface area contributed by atoms with Crippen LogP contribution >= 0.6 is 0 Å². The summed E-state index contributed by atoms with van der Waals surface area (Å²) in [4.78, 5) is 39.3. The third-order valence-electron chi connectivity index (χ3n) is 5.59. The van der Waals surface area contributed by atoms with Crippen LogP contribution in [0.15, 0.2) is 54.6 Å². The zero-order valence-corrected chi connectivity index (χ0v) is 18.7. The van der Waals surface area contributed by atoms with E-state index in [1.54, 1.807) is 40.8 Å². The number of carbonyl (C=O) groups is 3. The fraction of sp³-hybridized carbons (Fsp3) is 0.280. The number of benzene rings is 2. The monoisotopic (exact) mass is 446 g/mol. The van der Waals surface area contributed by atoms with Gasteiger partial charge in [-0.05, 0) is 38.1 Å². The van der Waals surface area contributed by atoms with Crippen LogP contribution in [0.3, 0.4) is 0 Å². The standard InChI is InChI=1S/C25H26N4O4/c1-3-33-25(32)23-20-16-28(22(30)15-26-24(31)18-7-5-4-6-8-18)14-13-21(20)29(27-23)19-11-9-17(2)10-12-19/h4-12H,3,13-16H2,1-2H3,(H,26,31). The molecule has 1 aliphatic rings. The third-order valence-corrected chi connectivity index (χ3v) is 5.59. The van der Waals surface area contributed by atoms with Gasteiger partial charge in [-0.15, -0.1) is 0 Å². The van der Waals surface area contributed by atoms with E-state index in [1.165, 1.54) is 0 Å². The van der Waals surface area contributed by atoms with Crippen LogP contribution in [0.5, 0.6) is 0 Å². The molecule has 0 fully saturated rings. The number of hydrogen-bond acceptors (Lipinski definition) is 5. The first kappa shape index (κ1) is 22.3. The molecule has 0 saturated carbocycles. The number of rotatable bonds is 6. The van der Waals surface area contributed by atoms with E-state index < -0.39 is 5.97 Å². The Morgan fingerprint density at radius 1 is 1.06 bits per heavy atom. The summed E-state index contributed by atoms with van der Waals surface area (Å²) in [5.74, 6) is -1.03. The van der Waals surface area contributed by atoms with Gasteiger partial charge < -0.3 is 15.0 Å². The van der Waals surface area contributed by atoms with Crippen molar-refractivity contribution in [2.75, 3.05) is 19.7 Å². The smallest absolute Gasteiger partial charge is 0.359 e. The Bertz CT molecular complexity index is 1170. The lowest BCUT2D eigenvalue weighted by Gasteiger charge is -2.28. The van der Waals surface area contributed by atoms with Gasteiger partial charge in [0.2, 0.25) is 5.91 Å². The van der Waals surface area contributed by atoms with Crippen LogP contribution in [-0.2, 0) is 22.5 Å². The van der Waals surface area contributed by atoms with Crippen molar-refractivity contribution in [2.45, 2.75) is 26.8 Å². The number of carbonyl (C=O) groups excluding carboxylic acids is 3. The van der Waals surface area contributed by atoms with Crippen LogP contribution in [-0.4, -0.2) is 52.2 Å². The molecule has 0 spiro atoms. The van der Waals surface area contributed by atoms with E-state index in [4.69, 9.17) is 4.74 Å². The van der Waals surface area contributed by atoms with Gasteiger partial charge in [-0.2, -0.15) is 5.10 Å². The van der Waals surface area contributed by atoms with E-state index in [0.29, 0.717) is 24.1 Å². The number of aryl methyl sites for hydroxylation is 1. The highest BCUT2D eigenvalue weighted by molar-refractivity contribution is 5.96. The Hall–Kier alpha value is -3.94. The quantitative estimate of drug-likeness (QED) is 0.588. The zero-order chi connectivity index (χ0) is 23.4. The first-order valence-electron chi connectivity index (χ1n) is 10.9. The molecule has 0 unspecified atom stereocenters. The van der Waals surface area contributed by atoms with Crippen molar-refractivity contribution in [3.63, 3.8) is 0 Å². The molecule has 2 heterocycles. The van der Waals surface area contributed by atoms with Gasteiger partial charge in [0.1, 0.15) is 0 Å². The summed E-state index contributed by atoms with van der Waals surface area (Å²) in [5, 5.41) is 7.22. The first-order chi connectivity index (χ1) is 16.0. The Morgan fingerprint density at radius 3 is 2.48 bits per heavy atom. The molecule has 1 aromatic heterocycles. The maximum atomic E-state index is 12.8. The van der Waals surface area contributed by atoms with Crippen molar-refractivity contribution < 1.29 is 19.1 Å². The first-order valence-corrected chi connectivity index (χ1v) is 10.9. The van der Waals surface area contributed by atoms with E-state index in [1.807, 2.05) is 37.3 Å². The number of amides is 2. The molecule has 0 aliphatic carbocycles. The summed E-state index contributed by atoms with van der Waals surface area (Å²) in [6, 6.07) is 16.6. The van der Waals surface area contributed by atoms with Crippen molar-refractivity contribution in [3.05, 3.63) is 82.7 Å². The summed E-state index contributed by atoms with van der Waals surface area (Å²) in [6.45, 7) is 4.56. The van der Waals surface area contributed by atoms with E-state index in [2.05, 4.69) is 10.4 Å². The molecule has 8 heteroatoms. The molecule has 0 saturated heterocycles. The minimum atomic E-state index is -0.508. The van der Waals surface area contributed by atoms with E-state index in [9.17, 15) is 14.4 Å². The SMILES string of the molecule is CCOC(=O)c1nn(-c2ccc(C)cc2)c2c1CN(C(=O)CNC(=O)c1ccccc1)CC2. The number of nitrogens with zero attached hydrogens (tertiary/aromatic N) is 3. The average molecular weight is 447 g/mol. The van der Waals surface area contributed by atoms with Crippen LogP contribution < -0.4 is 5.32 Å². The summed E-state index contributed by atoms with van der Waals surface area (Å²) in [6.07, 6.45) is 0.536. The average Bonchev–Trinajstić information content (AvgIpc) is 3.22. The molecular weight excluding hydrogens is 420 g/mol. The lowest BCUT2D eigenvalue weighted by atomic mass is 10.0. The second-order valence-corrected chi connectivity index (χ2v) is 7.86. The largest absolute Gasteiger partial charge is 0.461 e. The summed E-state index contributed by atoms with van der Waals surface area (Å²) in [5.41, 5.74) is 4.26. The van der Waals surface area contributed by atoms with Gasteiger partial charge in [0.05, 0.1) is 24.5 Å². The molecule has 4 rings (SSSR count). The molecule has 2 amide bonds. The molecule has 8 nitrogen and oxygen atoms in total. The highest BCUT2D eigenvalue weighted by Gasteiger charge is 2.31. The van der Waals surface area contributed by atoms with Gasteiger partial charge in [0, 0.05) is 30.6 Å². The second kappa shape index (κ2) is 9.68. The fourth-order valence-corrected chi connectivity index (χ4v) is 3.85. The second-order valence-electron chi connectivity index (χ2n) is 7.86. The molecule has 170 valence electrons. The lowest BCUT2D eigenvalue weighted by molar-refractivity contribution is -0.131. The van der Waals surface area contributed by atoms with Crippen molar-refractivity contribution in [3.8, 4) is 5.69 Å². The maximum absolute atomic E-state index is 12.8. The highest BCUT2D eigenvalue weighted by Crippen LogP contribution is 2.26. The normalized spacial score (nSPS) is 12.7. The van der Waals surface area contributed by atoms with Gasteiger partial charge in [0.15, 0.2) is 5.69 Å². The Kier molecular flexibility index (Phi) is 6.53. The van der Waals surface area contributed by atoms with Crippen LogP contribution in [0.1, 0.15) is 44.6 Å². The Morgan fingerprint density at radius 2 is 1.79 bits per heavy atom. The van der Waals surface area contributed by atoms with Crippen LogP contribution in [0.2, 0.25) is 0 Å².